The van der Waals surface area contributed by atoms with E-state index in [0.29, 0.717) is 17.6 Å². The Morgan fingerprint density at radius 3 is 3.05 bits per heavy atom. The van der Waals surface area contributed by atoms with E-state index in [1.807, 2.05) is 0 Å². The predicted octanol–water partition coefficient (Wildman–Crippen LogP) is 1.48. The van der Waals surface area contributed by atoms with Crippen LogP contribution < -0.4 is 11.1 Å². The zero-order valence-corrected chi connectivity index (χ0v) is 12.9. The Balaban J connectivity index is 1.89. The molecule has 1 atom stereocenters. The van der Waals surface area contributed by atoms with Crippen LogP contribution in [0.15, 0.2) is 29.3 Å². The van der Waals surface area contributed by atoms with Gasteiger partial charge in [0.2, 0.25) is 0 Å². The molecule has 2 rings (SSSR count). The molecule has 1 aromatic carbocycles. The number of rotatable bonds is 6. The van der Waals surface area contributed by atoms with E-state index in [-0.39, 0.29) is 12.2 Å². The van der Waals surface area contributed by atoms with Crippen LogP contribution in [0.5, 0.6) is 0 Å². The molecule has 1 aliphatic rings. The predicted molar refractivity (Wildman–Crippen MR) is 86.7 cm³/mol. The summed E-state index contributed by atoms with van der Waals surface area (Å²) in [5, 5.41) is 14.1. The van der Waals surface area contributed by atoms with Crippen LogP contribution in [0.25, 0.3) is 0 Å². The van der Waals surface area contributed by atoms with Crippen LogP contribution in [0, 0.1) is 10.1 Å². The van der Waals surface area contributed by atoms with E-state index in [1.54, 1.807) is 18.2 Å². The monoisotopic (exact) mass is 305 g/mol. The second kappa shape index (κ2) is 7.74. The standard InChI is InChI=1S/C15H23N5O2/c1-2-19-9-5-7-13(19)11-18-15(16)17-10-12-6-3-4-8-14(12)20(21)22/h3-4,6,8,13H,2,5,7,9-11H2,1H3,(H3,16,17,18). The highest BCUT2D eigenvalue weighted by Gasteiger charge is 2.22. The number of nitrogens with two attached hydrogens (primary N) is 1. The third kappa shape index (κ3) is 4.17. The summed E-state index contributed by atoms with van der Waals surface area (Å²) in [5.41, 5.74) is 6.50. The number of likely N-dealkylation sites (N-methyl/N-ethyl adjacent to an activating group) is 1. The van der Waals surface area contributed by atoms with Crippen molar-refractivity contribution in [3.05, 3.63) is 39.9 Å². The van der Waals surface area contributed by atoms with Crippen molar-refractivity contribution in [1.82, 2.24) is 10.2 Å². The largest absolute Gasteiger partial charge is 0.370 e. The van der Waals surface area contributed by atoms with Crippen molar-refractivity contribution in [3.8, 4) is 0 Å². The van der Waals surface area contributed by atoms with E-state index >= 15 is 0 Å². The van der Waals surface area contributed by atoms with Gasteiger partial charge in [0.15, 0.2) is 5.96 Å². The minimum absolute atomic E-state index is 0.0759. The third-order valence-electron chi connectivity index (χ3n) is 4.03. The molecule has 120 valence electrons. The second-order valence-electron chi connectivity index (χ2n) is 5.39. The first-order chi connectivity index (χ1) is 10.6. The molecule has 1 unspecified atom stereocenters. The van der Waals surface area contributed by atoms with Crippen LogP contribution in [0.1, 0.15) is 25.3 Å². The molecule has 0 aromatic heterocycles. The molecule has 22 heavy (non-hydrogen) atoms. The number of nitro groups is 1. The first-order valence-electron chi connectivity index (χ1n) is 7.62. The third-order valence-corrected chi connectivity index (χ3v) is 4.03. The Bertz CT molecular complexity index is 546. The molecule has 0 bridgehead atoms. The summed E-state index contributed by atoms with van der Waals surface area (Å²) in [6, 6.07) is 7.08. The summed E-state index contributed by atoms with van der Waals surface area (Å²) in [6.45, 7) is 5.30. The van der Waals surface area contributed by atoms with Crippen LogP contribution in [0.4, 0.5) is 5.69 Å². The van der Waals surface area contributed by atoms with Crippen molar-refractivity contribution in [2.75, 3.05) is 19.6 Å². The summed E-state index contributed by atoms with van der Waals surface area (Å²) in [6.07, 6.45) is 2.38. The van der Waals surface area contributed by atoms with Gasteiger partial charge in [-0.15, -0.1) is 0 Å². The maximum absolute atomic E-state index is 10.9. The van der Waals surface area contributed by atoms with Gasteiger partial charge < -0.3 is 11.1 Å². The van der Waals surface area contributed by atoms with E-state index in [1.165, 1.54) is 12.5 Å². The van der Waals surface area contributed by atoms with Crippen LogP contribution in [-0.2, 0) is 6.54 Å². The molecule has 0 saturated carbocycles. The number of nitro benzene ring substituents is 1. The molecule has 1 heterocycles. The van der Waals surface area contributed by atoms with Gasteiger partial charge in [-0.25, -0.2) is 4.99 Å². The molecule has 1 fully saturated rings. The number of nitrogens with zero attached hydrogens (tertiary/aromatic N) is 3. The molecule has 1 aliphatic heterocycles. The van der Waals surface area contributed by atoms with Crippen molar-refractivity contribution in [2.24, 2.45) is 10.7 Å². The maximum Gasteiger partial charge on any atom is 0.274 e. The molecule has 1 aromatic rings. The first-order valence-corrected chi connectivity index (χ1v) is 7.62. The molecule has 7 nitrogen and oxygen atoms in total. The summed E-state index contributed by atoms with van der Waals surface area (Å²) >= 11 is 0. The van der Waals surface area contributed by atoms with Crippen molar-refractivity contribution < 1.29 is 4.92 Å². The number of hydrogen-bond acceptors (Lipinski definition) is 4. The molecule has 0 radical (unpaired) electrons. The maximum atomic E-state index is 10.9. The van der Waals surface area contributed by atoms with Crippen molar-refractivity contribution in [2.45, 2.75) is 32.4 Å². The molecular weight excluding hydrogens is 282 g/mol. The molecule has 0 amide bonds. The normalized spacial score (nSPS) is 19.3. The Hall–Kier alpha value is -2.15. The van der Waals surface area contributed by atoms with Gasteiger partial charge in [0.05, 0.1) is 17.0 Å². The number of guanidine groups is 1. The van der Waals surface area contributed by atoms with Crippen LogP contribution in [-0.4, -0.2) is 41.5 Å². The van der Waals surface area contributed by atoms with Crippen LogP contribution in [0.3, 0.4) is 0 Å². The Morgan fingerprint density at radius 2 is 2.32 bits per heavy atom. The van der Waals surface area contributed by atoms with E-state index < -0.39 is 4.92 Å². The molecule has 0 aliphatic carbocycles. The highest BCUT2D eigenvalue weighted by molar-refractivity contribution is 5.77. The topological polar surface area (TPSA) is 96.8 Å². The van der Waals surface area contributed by atoms with Gasteiger partial charge in [0, 0.05) is 18.7 Å². The Morgan fingerprint density at radius 1 is 1.55 bits per heavy atom. The smallest absolute Gasteiger partial charge is 0.274 e. The minimum atomic E-state index is -0.397. The van der Waals surface area contributed by atoms with Gasteiger partial charge in [-0.2, -0.15) is 0 Å². The van der Waals surface area contributed by atoms with Gasteiger partial charge in [-0.05, 0) is 25.9 Å². The Kier molecular flexibility index (Phi) is 5.71. The van der Waals surface area contributed by atoms with Gasteiger partial charge in [0.25, 0.3) is 5.69 Å². The number of benzene rings is 1. The van der Waals surface area contributed by atoms with Gasteiger partial charge in [0.1, 0.15) is 0 Å². The summed E-state index contributed by atoms with van der Waals surface area (Å²) in [5.74, 6) is 0.334. The van der Waals surface area contributed by atoms with Crippen molar-refractivity contribution in [3.63, 3.8) is 0 Å². The van der Waals surface area contributed by atoms with E-state index in [9.17, 15) is 10.1 Å². The second-order valence-corrected chi connectivity index (χ2v) is 5.39. The van der Waals surface area contributed by atoms with Gasteiger partial charge in [-0.1, -0.05) is 25.1 Å². The van der Waals surface area contributed by atoms with E-state index in [2.05, 4.69) is 22.1 Å². The van der Waals surface area contributed by atoms with E-state index in [4.69, 9.17) is 5.73 Å². The lowest BCUT2D eigenvalue weighted by Crippen LogP contribution is -2.42. The lowest BCUT2D eigenvalue weighted by atomic mass is 10.2. The fraction of sp³-hybridized carbons (Fsp3) is 0.533. The van der Waals surface area contributed by atoms with Crippen LogP contribution >= 0.6 is 0 Å². The fourth-order valence-electron chi connectivity index (χ4n) is 2.81. The lowest BCUT2D eigenvalue weighted by Gasteiger charge is -2.23. The summed E-state index contributed by atoms with van der Waals surface area (Å²) < 4.78 is 0. The number of para-hydroxylation sites is 1. The fourth-order valence-corrected chi connectivity index (χ4v) is 2.81. The SMILES string of the molecule is CCN1CCCC1CNC(N)=NCc1ccccc1[N+](=O)[O-]. The molecule has 0 spiro atoms. The average Bonchev–Trinajstić information content (AvgIpc) is 2.98. The lowest BCUT2D eigenvalue weighted by molar-refractivity contribution is -0.385. The summed E-state index contributed by atoms with van der Waals surface area (Å²) in [4.78, 5) is 17.2. The quantitative estimate of drug-likeness (QED) is 0.359. The molecule has 1 saturated heterocycles. The van der Waals surface area contributed by atoms with Crippen LogP contribution in [0.2, 0.25) is 0 Å². The number of hydrogen-bond donors (Lipinski definition) is 2. The highest BCUT2D eigenvalue weighted by Crippen LogP contribution is 2.18. The first kappa shape index (κ1) is 16.2. The molecule has 7 heteroatoms. The number of likely N-dealkylation sites (tertiary alicyclic amines) is 1. The number of nitrogens with one attached hydrogen (secondary N) is 1. The zero-order valence-electron chi connectivity index (χ0n) is 12.9. The van der Waals surface area contributed by atoms with Gasteiger partial charge in [-0.3, -0.25) is 15.0 Å². The van der Waals surface area contributed by atoms with E-state index in [0.717, 1.165) is 26.1 Å². The van der Waals surface area contributed by atoms with Crippen molar-refractivity contribution in [1.29, 1.82) is 0 Å². The Labute approximate surface area is 130 Å². The van der Waals surface area contributed by atoms with Crippen molar-refractivity contribution >= 4 is 11.6 Å². The average molecular weight is 305 g/mol. The van der Waals surface area contributed by atoms with Gasteiger partial charge >= 0.3 is 0 Å². The minimum Gasteiger partial charge on any atom is -0.370 e. The number of aliphatic imine (C=N–C) groups is 1. The molecular formula is C15H23N5O2. The highest BCUT2D eigenvalue weighted by atomic mass is 16.6. The zero-order chi connectivity index (χ0) is 15.9. The summed E-state index contributed by atoms with van der Waals surface area (Å²) in [7, 11) is 0. The molecule has 3 N–H and O–H groups in total.